The molecule has 68 valence electrons. The van der Waals surface area contributed by atoms with E-state index in [9.17, 15) is 4.39 Å². The third-order valence-electron chi connectivity index (χ3n) is 2.11. The van der Waals surface area contributed by atoms with Gasteiger partial charge in [-0.25, -0.2) is 4.39 Å². The van der Waals surface area contributed by atoms with Gasteiger partial charge in [0.25, 0.3) is 0 Å². The fourth-order valence-corrected chi connectivity index (χ4v) is 1.97. The highest BCUT2D eigenvalue weighted by atomic mass is 127. The summed E-state index contributed by atoms with van der Waals surface area (Å²) in [7, 11) is 0. The van der Waals surface area contributed by atoms with Crippen molar-refractivity contribution in [2.45, 2.75) is 12.8 Å². The summed E-state index contributed by atoms with van der Waals surface area (Å²) in [6.45, 7) is 0.847. The molecule has 1 nitrogen and oxygen atoms in total. The molecule has 3 heteroatoms. The Hall–Kier alpha value is -0.450. The van der Waals surface area contributed by atoms with Gasteiger partial charge in [0, 0.05) is 21.4 Å². The highest BCUT2D eigenvalue weighted by Gasteiger charge is 2.13. The SMILES string of the molecule is Fc1ccc(I)cc1C1=NCCC1. The number of hydrogen-bond acceptors (Lipinski definition) is 1. The maximum Gasteiger partial charge on any atom is 0.132 e. The molecule has 0 aromatic heterocycles. The van der Waals surface area contributed by atoms with Crippen LogP contribution in [-0.2, 0) is 0 Å². The molecule has 0 saturated carbocycles. The van der Waals surface area contributed by atoms with Crippen LogP contribution < -0.4 is 0 Å². The van der Waals surface area contributed by atoms with Gasteiger partial charge in [0.1, 0.15) is 5.82 Å². The molecule has 2 rings (SSSR count). The van der Waals surface area contributed by atoms with Crippen LogP contribution in [0.25, 0.3) is 0 Å². The molecule has 0 spiro atoms. The van der Waals surface area contributed by atoms with Gasteiger partial charge in [0.15, 0.2) is 0 Å². The summed E-state index contributed by atoms with van der Waals surface area (Å²) in [6.07, 6.45) is 1.97. The van der Waals surface area contributed by atoms with Crippen LogP contribution in [0.1, 0.15) is 18.4 Å². The minimum atomic E-state index is -0.152. The van der Waals surface area contributed by atoms with Crippen molar-refractivity contribution in [3.05, 3.63) is 33.1 Å². The zero-order chi connectivity index (χ0) is 9.26. The minimum Gasteiger partial charge on any atom is -0.289 e. The first kappa shape index (κ1) is 9.12. The second-order valence-corrected chi connectivity index (χ2v) is 4.30. The molecule has 0 radical (unpaired) electrons. The summed E-state index contributed by atoms with van der Waals surface area (Å²) < 4.78 is 14.4. The van der Waals surface area contributed by atoms with E-state index in [4.69, 9.17) is 0 Å². The van der Waals surface area contributed by atoms with Crippen LogP contribution in [0.4, 0.5) is 4.39 Å². The lowest BCUT2D eigenvalue weighted by Gasteiger charge is -2.02. The molecule has 1 heterocycles. The molecule has 0 N–H and O–H groups in total. The van der Waals surface area contributed by atoms with E-state index >= 15 is 0 Å². The van der Waals surface area contributed by atoms with Crippen molar-refractivity contribution in [2.24, 2.45) is 4.99 Å². The van der Waals surface area contributed by atoms with Crippen LogP contribution in [0.3, 0.4) is 0 Å². The van der Waals surface area contributed by atoms with Crippen LogP contribution in [0.5, 0.6) is 0 Å². The molecule has 1 aliphatic rings. The Bertz CT molecular complexity index is 360. The molecule has 1 aliphatic heterocycles. The molecule has 0 atom stereocenters. The second-order valence-electron chi connectivity index (χ2n) is 3.06. The topological polar surface area (TPSA) is 12.4 Å². The van der Waals surface area contributed by atoms with Crippen molar-refractivity contribution >= 4 is 28.3 Å². The van der Waals surface area contributed by atoms with Crippen LogP contribution in [-0.4, -0.2) is 12.3 Å². The van der Waals surface area contributed by atoms with Gasteiger partial charge in [-0.2, -0.15) is 0 Å². The van der Waals surface area contributed by atoms with Gasteiger partial charge in [-0.15, -0.1) is 0 Å². The standard InChI is InChI=1S/C10H9FIN/c11-9-4-3-7(12)6-8(9)10-2-1-5-13-10/h3-4,6H,1-2,5H2. The maximum atomic E-state index is 13.3. The smallest absolute Gasteiger partial charge is 0.132 e. The first-order chi connectivity index (χ1) is 6.27. The second kappa shape index (κ2) is 3.74. The highest BCUT2D eigenvalue weighted by molar-refractivity contribution is 14.1. The number of benzene rings is 1. The number of halogens is 2. The average molecular weight is 289 g/mol. The lowest BCUT2D eigenvalue weighted by atomic mass is 10.1. The van der Waals surface area contributed by atoms with Crippen LogP contribution >= 0.6 is 22.6 Å². The predicted molar refractivity (Wildman–Crippen MR) is 59.8 cm³/mol. The number of rotatable bonds is 1. The number of nitrogens with zero attached hydrogens (tertiary/aromatic N) is 1. The molecule has 1 aromatic carbocycles. The molecule has 0 bridgehead atoms. The van der Waals surface area contributed by atoms with Crippen molar-refractivity contribution in [1.82, 2.24) is 0 Å². The van der Waals surface area contributed by atoms with E-state index in [1.165, 1.54) is 6.07 Å². The third-order valence-corrected chi connectivity index (χ3v) is 2.78. The van der Waals surface area contributed by atoms with E-state index in [1.807, 2.05) is 6.07 Å². The predicted octanol–water partition coefficient (Wildman–Crippen LogP) is 3.01. The Kier molecular flexibility index (Phi) is 2.62. The van der Waals surface area contributed by atoms with E-state index in [0.717, 1.165) is 28.7 Å². The molecule has 0 unspecified atom stereocenters. The van der Waals surface area contributed by atoms with E-state index in [1.54, 1.807) is 6.07 Å². The zero-order valence-corrected chi connectivity index (χ0v) is 9.21. The first-order valence-electron chi connectivity index (χ1n) is 4.26. The van der Waals surface area contributed by atoms with Crippen molar-refractivity contribution in [2.75, 3.05) is 6.54 Å². The van der Waals surface area contributed by atoms with Gasteiger partial charge < -0.3 is 0 Å². The summed E-state index contributed by atoms with van der Waals surface area (Å²) in [6, 6.07) is 5.15. The monoisotopic (exact) mass is 289 g/mol. The van der Waals surface area contributed by atoms with Gasteiger partial charge in [-0.3, -0.25) is 4.99 Å². The lowest BCUT2D eigenvalue weighted by Crippen LogP contribution is -2.00. The summed E-state index contributed by atoms with van der Waals surface area (Å²) >= 11 is 2.19. The first-order valence-corrected chi connectivity index (χ1v) is 5.34. The highest BCUT2D eigenvalue weighted by Crippen LogP contribution is 2.18. The van der Waals surface area contributed by atoms with Crippen molar-refractivity contribution < 1.29 is 4.39 Å². The van der Waals surface area contributed by atoms with Crippen molar-refractivity contribution in [3.63, 3.8) is 0 Å². The van der Waals surface area contributed by atoms with Crippen molar-refractivity contribution in [1.29, 1.82) is 0 Å². The van der Waals surface area contributed by atoms with Gasteiger partial charge in [0.2, 0.25) is 0 Å². The Labute approximate surface area is 90.2 Å². The van der Waals surface area contributed by atoms with E-state index in [-0.39, 0.29) is 5.82 Å². The number of aliphatic imine (C=N–C) groups is 1. The molecular formula is C10H9FIN. The Morgan fingerprint density at radius 2 is 2.23 bits per heavy atom. The van der Waals surface area contributed by atoms with Crippen LogP contribution in [0.2, 0.25) is 0 Å². The van der Waals surface area contributed by atoms with Gasteiger partial charge in [-0.05, 0) is 53.6 Å². The third kappa shape index (κ3) is 1.90. The van der Waals surface area contributed by atoms with E-state index < -0.39 is 0 Å². The quantitative estimate of drug-likeness (QED) is 0.705. The molecule has 0 fully saturated rings. The lowest BCUT2D eigenvalue weighted by molar-refractivity contribution is 0.624. The van der Waals surface area contributed by atoms with Crippen molar-refractivity contribution in [3.8, 4) is 0 Å². The summed E-state index contributed by atoms with van der Waals surface area (Å²) in [5, 5.41) is 0. The average Bonchev–Trinajstić information content (AvgIpc) is 2.61. The maximum absolute atomic E-state index is 13.3. The zero-order valence-electron chi connectivity index (χ0n) is 7.06. The Morgan fingerprint density at radius 3 is 2.92 bits per heavy atom. The molecule has 0 amide bonds. The molecule has 13 heavy (non-hydrogen) atoms. The van der Waals surface area contributed by atoms with E-state index in [2.05, 4.69) is 27.6 Å². The summed E-state index contributed by atoms with van der Waals surface area (Å²) in [4.78, 5) is 4.28. The molecule has 0 aliphatic carbocycles. The van der Waals surface area contributed by atoms with Crippen LogP contribution in [0.15, 0.2) is 23.2 Å². The largest absolute Gasteiger partial charge is 0.289 e. The van der Waals surface area contributed by atoms with E-state index in [0.29, 0.717) is 5.56 Å². The van der Waals surface area contributed by atoms with Gasteiger partial charge in [-0.1, -0.05) is 0 Å². The normalized spacial score (nSPS) is 16.0. The summed E-state index contributed by atoms with van der Waals surface area (Å²) in [5.74, 6) is -0.152. The molecule has 1 aromatic rings. The minimum absolute atomic E-state index is 0.152. The fourth-order valence-electron chi connectivity index (χ4n) is 1.48. The van der Waals surface area contributed by atoms with Gasteiger partial charge >= 0.3 is 0 Å². The van der Waals surface area contributed by atoms with Crippen LogP contribution in [0, 0.1) is 9.39 Å². The Balaban J connectivity index is 2.43. The number of hydrogen-bond donors (Lipinski definition) is 0. The van der Waals surface area contributed by atoms with Gasteiger partial charge in [0.05, 0.1) is 0 Å². The molecule has 0 saturated heterocycles. The Morgan fingerprint density at radius 1 is 1.38 bits per heavy atom. The molecular weight excluding hydrogens is 280 g/mol. The summed E-state index contributed by atoms with van der Waals surface area (Å²) in [5.41, 5.74) is 1.61. The fraction of sp³-hybridized carbons (Fsp3) is 0.300.